The second-order valence-corrected chi connectivity index (χ2v) is 11.5. The van der Waals surface area contributed by atoms with Gasteiger partial charge in [-0.3, -0.25) is 4.55 Å². The van der Waals surface area contributed by atoms with Gasteiger partial charge in [-0.25, -0.2) is 0 Å². The SMILES string of the molecule is C1=CCOC=C1.CC(C)CNC1(CS(=O)(=O)O)CCC2C=Cc3c(ccc4ccccc34)C2C1. The minimum Gasteiger partial charge on any atom is -0.497 e. The molecule has 0 bridgehead atoms. The van der Waals surface area contributed by atoms with Crippen molar-refractivity contribution in [3.05, 3.63) is 78.1 Å². The molecular weight excluding hydrogens is 446 g/mol. The van der Waals surface area contributed by atoms with Crippen LogP contribution in [-0.2, 0) is 14.9 Å². The zero-order valence-corrected chi connectivity index (χ0v) is 20.8. The maximum absolute atomic E-state index is 11.8. The van der Waals surface area contributed by atoms with Crippen molar-refractivity contribution in [1.82, 2.24) is 5.32 Å². The molecule has 0 radical (unpaired) electrons. The topological polar surface area (TPSA) is 75.6 Å². The summed E-state index contributed by atoms with van der Waals surface area (Å²) in [5.74, 6) is 0.880. The van der Waals surface area contributed by atoms with Crippen molar-refractivity contribution in [2.75, 3.05) is 18.9 Å². The van der Waals surface area contributed by atoms with Crippen molar-refractivity contribution >= 4 is 27.0 Å². The van der Waals surface area contributed by atoms with Crippen LogP contribution >= 0.6 is 0 Å². The van der Waals surface area contributed by atoms with Crippen molar-refractivity contribution in [3.63, 3.8) is 0 Å². The van der Waals surface area contributed by atoms with E-state index in [9.17, 15) is 13.0 Å². The van der Waals surface area contributed by atoms with E-state index < -0.39 is 15.7 Å². The van der Waals surface area contributed by atoms with Gasteiger partial charge in [0.25, 0.3) is 10.1 Å². The predicted octanol–water partition coefficient (Wildman–Crippen LogP) is 5.71. The molecule has 3 atom stereocenters. The number of benzene rings is 2. The van der Waals surface area contributed by atoms with Crippen LogP contribution in [0.25, 0.3) is 16.8 Å². The molecule has 2 aliphatic carbocycles. The molecule has 3 unspecified atom stereocenters. The third kappa shape index (κ3) is 5.98. The summed E-state index contributed by atoms with van der Waals surface area (Å²) in [5, 5.41) is 6.00. The minimum absolute atomic E-state index is 0.220. The first-order valence-electron chi connectivity index (χ1n) is 12.1. The average Bonchev–Trinajstić information content (AvgIpc) is 2.83. The van der Waals surface area contributed by atoms with E-state index in [0.717, 1.165) is 32.4 Å². The Labute approximate surface area is 203 Å². The van der Waals surface area contributed by atoms with E-state index in [0.29, 0.717) is 11.8 Å². The second kappa shape index (κ2) is 10.5. The standard InChI is InChI=1S/C23H29NO3S.C5H6O/c1-16(2)14-24-23(15-28(25,26)27)12-11-18-8-9-20-19-6-4-3-5-17(19)7-10-21(20)22(18)13-23;1-2-4-6-5-3-1/h3-10,16,18,22,24H,11-15H2,1-2H3,(H,25,26,27);1-4H,5H2. The van der Waals surface area contributed by atoms with Crippen molar-refractivity contribution in [3.8, 4) is 0 Å². The maximum Gasteiger partial charge on any atom is 0.266 e. The maximum atomic E-state index is 11.8. The van der Waals surface area contributed by atoms with Crippen molar-refractivity contribution in [1.29, 1.82) is 0 Å². The number of hydrogen-bond donors (Lipinski definition) is 2. The molecule has 5 rings (SSSR count). The lowest BCUT2D eigenvalue weighted by Crippen LogP contribution is -2.55. The summed E-state index contributed by atoms with van der Waals surface area (Å²) in [6, 6.07) is 12.8. The summed E-state index contributed by atoms with van der Waals surface area (Å²) in [4.78, 5) is 0. The number of nitrogens with one attached hydrogen (secondary N) is 1. The fourth-order valence-corrected chi connectivity index (χ4v) is 6.45. The Bertz CT molecular complexity index is 1190. The van der Waals surface area contributed by atoms with Crippen LogP contribution in [0.15, 0.2) is 67.0 Å². The van der Waals surface area contributed by atoms with Crippen LogP contribution < -0.4 is 5.32 Å². The molecule has 5 nitrogen and oxygen atoms in total. The Morgan fingerprint density at radius 2 is 2.00 bits per heavy atom. The van der Waals surface area contributed by atoms with Crippen LogP contribution in [0.2, 0.25) is 0 Å². The van der Waals surface area contributed by atoms with E-state index in [4.69, 9.17) is 4.74 Å². The molecule has 6 heteroatoms. The summed E-state index contributed by atoms with van der Waals surface area (Å²) >= 11 is 0. The molecule has 1 fully saturated rings. The second-order valence-electron chi connectivity index (χ2n) is 10.0. The Hall–Kier alpha value is -2.41. The first kappa shape index (κ1) is 24.7. The van der Waals surface area contributed by atoms with Crippen molar-refractivity contribution in [2.45, 2.75) is 44.6 Å². The van der Waals surface area contributed by atoms with Crippen molar-refractivity contribution in [2.24, 2.45) is 11.8 Å². The van der Waals surface area contributed by atoms with Gasteiger partial charge in [-0.15, -0.1) is 0 Å². The van der Waals surface area contributed by atoms with Gasteiger partial charge in [-0.2, -0.15) is 8.42 Å². The molecule has 0 saturated heterocycles. The molecule has 1 heterocycles. The highest BCUT2D eigenvalue weighted by Gasteiger charge is 2.44. The molecule has 3 aliphatic rings. The van der Waals surface area contributed by atoms with E-state index in [-0.39, 0.29) is 11.7 Å². The summed E-state index contributed by atoms with van der Waals surface area (Å²) < 4.78 is 38.1. The monoisotopic (exact) mass is 481 g/mol. The van der Waals surface area contributed by atoms with Gasteiger partial charge in [0, 0.05) is 5.54 Å². The van der Waals surface area contributed by atoms with Crippen LogP contribution in [-0.4, -0.2) is 37.4 Å². The number of fused-ring (bicyclic) bond motifs is 5. The van der Waals surface area contributed by atoms with Crippen LogP contribution in [0.3, 0.4) is 0 Å². The lowest BCUT2D eigenvalue weighted by atomic mass is 9.65. The lowest BCUT2D eigenvalue weighted by molar-refractivity contribution is 0.193. The van der Waals surface area contributed by atoms with Gasteiger partial charge in [-0.1, -0.05) is 68.5 Å². The molecule has 1 aliphatic heterocycles. The van der Waals surface area contributed by atoms with E-state index >= 15 is 0 Å². The smallest absolute Gasteiger partial charge is 0.266 e. The molecule has 34 heavy (non-hydrogen) atoms. The summed E-state index contributed by atoms with van der Waals surface area (Å²) in [6.45, 7) is 5.71. The number of hydrogen-bond acceptors (Lipinski definition) is 4. The minimum atomic E-state index is -4.06. The quantitative estimate of drug-likeness (QED) is 0.535. The summed E-state index contributed by atoms with van der Waals surface area (Å²) in [7, 11) is -4.06. The normalized spacial score (nSPS) is 25.3. The van der Waals surface area contributed by atoms with E-state index in [1.165, 1.54) is 21.9 Å². The van der Waals surface area contributed by atoms with E-state index in [1.807, 2.05) is 18.2 Å². The van der Waals surface area contributed by atoms with Gasteiger partial charge in [0.15, 0.2) is 0 Å². The third-order valence-corrected chi connectivity index (χ3v) is 7.87. The highest BCUT2D eigenvalue weighted by molar-refractivity contribution is 7.85. The number of ether oxygens (including phenoxy) is 1. The zero-order chi connectivity index (χ0) is 24.2. The molecule has 2 aromatic rings. The van der Waals surface area contributed by atoms with E-state index in [2.05, 4.69) is 67.7 Å². The van der Waals surface area contributed by atoms with Gasteiger partial charge in [0.2, 0.25) is 0 Å². The highest BCUT2D eigenvalue weighted by atomic mass is 32.2. The van der Waals surface area contributed by atoms with Crippen molar-refractivity contribution < 1.29 is 17.7 Å². The van der Waals surface area contributed by atoms with Crippen LogP contribution in [0, 0.1) is 11.8 Å². The molecule has 0 spiro atoms. The van der Waals surface area contributed by atoms with Crippen LogP contribution in [0.5, 0.6) is 0 Å². The zero-order valence-electron chi connectivity index (χ0n) is 20.0. The molecule has 0 aromatic heterocycles. The average molecular weight is 482 g/mol. The Morgan fingerprint density at radius 1 is 1.18 bits per heavy atom. The van der Waals surface area contributed by atoms with Gasteiger partial charge in [0.05, 0.1) is 12.0 Å². The van der Waals surface area contributed by atoms with Crippen LogP contribution in [0.1, 0.15) is 50.2 Å². The Balaban J connectivity index is 0.000000398. The first-order valence-corrected chi connectivity index (χ1v) is 13.7. The molecule has 2 N–H and O–H groups in total. The lowest BCUT2D eigenvalue weighted by Gasteiger charge is -2.46. The molecule has 0 amide bonds. The Morgan fingerprint density at radius 3 is 2.65 bits per heavy atom. The van der Waals surface area contributed by atoms with Gasteiger partial charge in [0.1, 0.15) is 6.61 Å². The highest BCUT2D eigenvalue weighted by Crippen LogP contribution is 2.48. The first-order chi connectivity index (χ1) is 16.3. The number of rotatable bonds is 5. The molecule has 2 aromatic carbocycles. The largest absolute Gasteiger partial charge is 0.497 e. The van der Waals surface area contributed by atoms with E-state index in [1.54, 1.807) is 6.26 Å². The fourth-order valence-electron chi connectivity index (χ4n) is 5.39. The van der Waals surface area contributed by atoms with Gasteiger partial charge >= 0.3 is 0 Å². The fraction of sp³-hybridized carbons (Fsp3) is 0.429. The Kier molecular flexibility index (Phi) is 7.60. The summed E-state index contributed by atoms with van der Waals surface area (Å²) in [6.07, 6.45) is 14.4. The van der Waals surface area contributed by atoms with Gasteiger partial charge < -0.3 is 10.1 Å². The molecule has 182 valence electrons. The van der Waals surface area contributed by atoms with Crippen LogP contribution in [0.4, 0.5) is 0 Å². The number of allylic oxidation sites excluding steroid dienone is 3. The molecule has 1 saturated carbocycles. The predicted molar refractivity (Wildman–Crippen MR) is 139 cm³/mol. The van der Waals surface area contributed by atoms with Gasteiger partial charge in [-0.05, 0) is 77.6 Å². The summed E-state index contributed by atoms with van der Waals surface area (Å²) in [5.41, 5.74) is 1.98. The third-order valence-electron chi connectivity index (χ3n) is 6.96. The molecular formula is C28H35NO4S.